The van der Waals surface area contributed by atoms with Crippen LogP contribution in [0.1, 0.15) is 40.2 Å². The first-order valence-electron chi connectivity index (χ1n) is 8.03. The third-order valence-corrected chi connectivity index (χ3v) is 3.25. The van der Waals surface area contributed by atoms with E-state index in [2.05, 4.69) is 29.6 Å². The first-order chi connectivity index (χ1) is 10.7. The number of hydrogen-bond donors (Lipinski definition) is 3. The van der Waals surface area contributed by atoms with Crippen LogP contribution in [0.2, 0.25) is 0 Å². The van der Waals surface area contributed by atoms with Crippen molar-refractivity contribution in [2.24, 2.45) is 5.92 Å². The number of ether oxygens (including phenoxy) is 1. The molecule has 1 aromatic rings. The predicted molar refractivity (Wildman–Crippen MR) is 89.0 cm³/mol. The van der Waals surface area contributed by atoms with E-state index in [1.54, 1.807) is 10.9 Å². The minimum Gasteiger partial charge on any atom is -0.444 e. The molecule has 0 radical (unpaired) electrons. The summed E-state index contributed by atoms with van der Waals surface area (Å²) in [4.78, 5) is 11.7. The monoisotopic (exact) mass is 326 g/mol. The fourth-order valence-corrected chi connectivity index (χ4v) is 2.02. The Morgan fingerprint density at radius 1 is 1.43 bits per heavy atom. The molecule has 23 heavy (non-hydrogen) atoms. The summed E-state index contributed by atoms with van der Waals surface area (Å²) in [5, 5.41) is 19.3. The summed E-state index contributed by atoms with van der Waals surface area (Å²) < 4.78 is 6.95. The fourth-order valence-electron chi connectivity index (χ4n) is 2.02. The van der Waals surface area contributed by atoms with E-state index in [1.165, 1.54) is 0 Å². The molecule has 1 heterocycles. The first-order valence-corrected chi connectivity index (χ1v) is 8.03. The number of aliphatic hydroxyl groups is 1. The van der Waals surface area contributed by atoms with Gasteiger partial charge < -0.3 is 20.5 Å². The normalized spacial score (nSPS) is 13.2. The SMILES string of the molecule is CC(C)C(CNC(=O)OC(C)(C)C)NCc1cnn(CCO)c1. The van der Waals surface area contributed by atoms with E-state index in [0.29, 0.717) is 25.6 Å². The van der Waals surface area contributed by atoms with Crippen LogP contribution in [0.3, 0.4) is 0 Å². The topological polar surface area (TPSA) is 88.4 Å². The largest absolute Gasteiger partial charge is 0.444 e. The van der Waals surface area contributed by atoms with Crippen molar-refractivity contribution in [2.45, 2.75) is 59.4 Å². The molecule has 0 saturated carbocycles. The van der Waals surface area contributed by atoms with E-state index in [-0.39, 0.29) is 12.6 Å². The minimum atomic E-state index is -0.494. The maximum Gasteiger partial charge on any atom is 0.407 e. The fraction of sp³-hybridized carbons (Fsp3) is 0.750. The van der Waals surface area contributed by atoms with Crippen molar-refractivity contribution in [1.82, 2.24) is 20.4 Å². The van der Waals surface area contributed by atoms with Gasteiger partial charge in [0.25, 0.3) is 0 Å². The van der Waals surface area contributed by atoms with Gasteiger partial charge in [-0.15, -0.1) is 0 Å². The Labute approximate surface area is 138 Å². The van der Waals surface area contributed by atoms with Crippen LogP contribution in [-0.4, -0.2) is 45.8 Å². The second-order valence-corrected chi connectivity index (χ2v) is 6.95. The van der Waals surface area contributed by atoms with E-state index < -0.39 is 11.7 Å². The van der Waals surface area contributed by atoms with Crippen molar-refractivity contribution in [3.05, 3.63) is 18.0 Å². The van der Waals surface area contributed by atoms with Crippen LogP contribution in [0, 0.1) is 5.92 Å². The molecule has 0 aliphatic heterocycles. The summed E-state index contributed by atoms with van der Waals surface area (Å²) in [5.41, 5.74) is 0.549. The van der Waals surface area contributed by atoms with Gasteiger partial charge in [0, 0.05) is 30.9 Å². The number of carbonyl (C=O) groups is 1. The van der Waals surface area contributed by atoms with Crippen LogP contribution in [0.5, 0.6) is 0 Å². The number of aromatic nitrogens is 2. The maximum atomic E-state index is 11.7. The highest BCUT2D eigenvalue weighted by atomic mass is 16.6. The highest BCUT2D eigenvalue weighted by molar-refractivity contribution is 5.67. The molecule has 0 aliphatic rings. The van der Waals surface area contributed by atoms with Gasteiger partial charge in [0.2, 0.25) is 0 Å². The third kappa shape index (κ3) is 7.99. The molecule has 0 aromatic carbocycles. The molecule has 1 unspecified atom stereocenters. The Morgan fingerprint density at radius 2 is 2.13 bits per heavy atom. The average molecular weight is 326 g/mol. The molecule has 1 atom stereocenters. The van der Waals surface area contributed by atoms with Gasteiger partial charge in [0.15, 0.2) is 0 Å². The van der Waals surface area contributed by atoms with Crippen LogP contribution in [0.25, 0.3) is 0 Å². The quantitative estimate of drug-likeness (QED) is 0.674. The number of rotatable bonds is 8. The highest BCUT2D eigenvalue weighted by Gasteiger charge is 2.19. The average Bonchev–Trinajstić information content (AvgIpc) is 2.84. The lowest BCUT2D eigenvalue weighted by Crippen LogP contribution is -2.45. The van der Waals surface area contributed by atoms with Gasteiger partial charge in [-0.2, -0.15) is 5.10 Å². The molecule has 132 valence electrons. The number of alkyl carbamates (subject to hydrolysis) is 1. The van der Waals surface area contributed by atoms with E-state index in [0.717, 1.165) is 5.56 Å². The molecule has 7 nitrogen and oxygen atoms in total. The molecule has 0 fully saturated rings. The van der Waals surface area contributed by atoms with Crippen molar-refractivity contribution >= 4 is 6.09 Å². The number of amides is 1. The van der Waals surface area contributed by atoms with Gasteiger partial charge >= 0.3 is 6.09 Å². The van der Waals surface area contributed by atoms with Crippen molar-refractivity contribution in [3.63, 3.8) is 0 Å². The van der Waals surface area contributed by atoms with Crippen LogP contribution in [-0.2, 0) is 17.8 Å². The number of aliphatic hydroxyl groups excluding tert-OH is 1. The van der Waals surface area contributed by atoms with Crippen molar-refractivity contribution in [1.29, 1.82) is 0 Å². The molecule has 0 bridgehead atoms. The molecular formula is C16H30N4O3. The molecule has 1 amide bonds. The zero-order valence-corrected chi connectivity index (χ0v) is 14.8. The lowest BCUT2D eigenvalue weighted by molar-refractivity contribution is 0.0519. The molecular weight excluding hydrogens is 296 g/mol. The highest BCUT2D eigenvalue weighted by Crippen LogP contribution is 2.07. The Bertz CT molecular complexity index is 480. The smallest absolute Gasteiger partial charge is 0.407 e. The van der Waals surface area contributed by atoms with Crippen LogP contribution >= 0.6 is 0 Å². The lowest BCUT2D eigenvalue weighted by atomic mass is 10.0. The molecule has 1 rings (SSSR count). The molecule has 3 N–H and O–H groups in total. The summed E-state index contributed by atoms with van der Waals surface area (Å²) in [6.45, 7) is 11.4. The number of hydrogen-bond acceptors (Lipinski definition) is 5. The summed E-state index contributed by atoms with van der Waals surface area (Å²) >= 11 is 0. The van der Waals surface area contributed by atoms with Gasteiger partial charge in [-0.25, -0.2) is 4.79 Å². The predicted octanol–water partition coefficient (Wildman–Crippen LogP) is 1.51. The summed E-state index contributed by atoms with van der Waals surface area (Å²) in [6.07, 6.45) is 3.28. The van der Waals surface area contributed by atoms with Gasteiger partial charge in [0.1, 0.15) is 5.60 Å². The second-order valence-electron chi connectivity index (χ2n) is 6.95. The number of nitrogens with one attached hydrogen (secondary N) is 2. The Balaban J connectivity index is 2.44. The Morgan fingerprint density at radius 3 is 2.70 bits per heavy atom. The lowest BCUT2D eigenvalue weighted by Gasteiger charge is -2.24. The number of carbonyl (C=O) groups excluding carboxylic acids is 1. The van der Waals surface area contributed by atoms with Gasteiger partial charge in [-0.3, -0.25) is 4.68 Å². The number of nitrogens with zero attached hydrogens (tertiary/aromatic N) is 2. The standard InChI is InChI=1S/C16H30N4O3/c1-12(2)14(10-18-15(22)23-16(3,4)5)17-8-13-9-19-20(11-13)6-7-21/h9,11-12,14,17,21H,6-8,10H2,1-5H3,(H,18,22). The Kier molecular flexibility index (Phi) is 7.51. The molecule has 7 heteroatoms. The molecule has 0 aliphatic carbocycles. The molecule has 0 spiro atoms. The zero-order valence-electron chi connectivity index (χ0n) is 14.8. The van der Waals surface area contributed by atoms with E-state index in [9.17, 15) is 4.79 Å². The van der Waals surface area contributed by atoms with Crippen LogP contribution in [0.15, 0.2) is 12.4 Å². The van der Waals surface area contributed by atoms with E-state index >= 15 is 0 Å². The van der Waals surface area contributed by atoms with E-state index in [4.69, 9.17) is 9.84 Å². The van der Waals surface area contributed by atoms with Gasteiger partial charge in [-0.1, -0.05) is 13.8 Å². The summed E-state index contributed by atoms with van der Waals surface area (Å²) in [6, 6.07) is 0.128. The van der Waals surface area contributed by atoms with Crippen LogP contribution < -0.4 is 10.6 Å². The summed E-state index contributed by atoms with van der Waals surface area (Å²) in [7, 11) is 0. The Hall–Kier alpha value is -1.60. The molecule has 1 aromatic heterocycles. The van der Waals surface area contributed by atoms with Crippen molar-refractivity contribution in [3.8, 4) is 0 Å². The van der Waals surface area contributed by atoms with Crippen molar-refractivity contribution < 1.29 is 14.6 Å². The van der Waals surface area contributed by atoms with Gasteiger partial charge in [0.05, 0.1) is 19.3 Å². The summed E-state index contributed by atoms with van der Waals surface area (Å²) in [5.74, 6) is 0.359. The second kappa shape index (κ2) is 8.88. The first kappa shape index (κ1) is 19.4. The maximum absolute atomic E-state index is 11.7. The molecule has 0 saturated heterocycles. The van der Waals surface area contributed by atoms with E-state index in [1.807, 2.05) is 27.0 Å². The zero-order chi connectivity index (χ0) is 17.5. The van der Waals surface area contributed by atoms with Crippen LogP contribution in [0.4, 0.5) is 4.79 Å². The third-order valence-electron chi connectivity index (χ3n) is 3.25. The minimum absolute atomic E-state index is 0.0724. The van der Waals surface area contributed by atoms with Crippen molar-refractivity contribution in [2.75, 3.05) is 13.2 Å². The van der Waals surface area contributed by atoms with Gasteiger partial charge in [-0.05, 0) is 26.7 Å².